The van der Waals surface area contributed by atoms with E-state index in [1.165, 1.54) is 18.2 Å². The van der Waals surface area contributed by atoms with Crippen LogP contribution in [-0.4, -0.2) is 33.1 Å². The van der Waals surface area contributed by atoms with Crippen LogP contribution >= 0.6 is 0 Å². The van der Waals surface area contributed by atoms with Gasteiger partial charge in [0.15, 0.2) is 9.84 Å². The smallest absolute Gasteiger partial charge is 0.153 e. The summed E-state index contributed by atoms with van der Waals surface area (Å²) >= 11 is 0. The first-order chi connectivity index (χ1) is 8.98. The zero-order valence-corrected chi connectivity index (χ0v) is 12.1. The highest BCUT2D eigenvalue weighted by Crippen LogP contribution is 2.19. The minimum Gasteiger partial charge on any atom is -0.492 e. The average molecular weight is 289 g/mol. The summed E-state index contributed by atoms with van der Waals surface area (Å²) in [5.41, 5.74) is 0.691. The van der Waals surface area contributed by atoms with Gasteiger partial charge < -0.3 is 10.1 Å². The highest BCUT2D eigenvalue weighted by atomic mass is 32.2. The standard InChI is InChI=1S/C13H20FNO3S/c1-3-15-10-11-9-12(14)5-6-13(11)18-7-8-19(16,17)4-2/h5-6,9,15H,3-4,7-8,10H2,1-2H3. The predicted molar refractivity (Wildman–Crippen MR) is 73.6 cm³/mol. The van der Waals surface area contributed by atoms with Gasteiger partial charge >= 0.3 is 0 Å². The highest BCUT2D eigenvalue weighted by molar-refractivity contribution is 7.91. The Morgan fingerprint density at radius 1 is 1.32 bits per heavy atom. The van der Waals surface area contributed by atoms with E-state index in [0.717, 1.165) is 6.54 Å². The van der Waals surface area contributed by atoms with Gasteiger partial charge in [0.2, 0.25) is 0 Å². The minimum absolute atomic E-state index is 0.0263. The van der Waals surface area contributed by atoms with Gasteiger partial charge in [-0.25, -0.2) is 12.8 Å². The van der Waals surface area contributed by atoms with Crippen LogP contribution in [0.3, 0.4) is 0 Å². The van der Waals surface area contributed by atoms with Gasteiger partial charge in [-0.15, -0.1) is 0 Å². The van der Waals surface area contributed by atoms with E-state index in [4.69, 9.17) is 4.74 Å². The number of hydrogen-bond acceptors (Lipinski definition) is 4. The van der Waals surface area contributed by atoms with Crippen molar-refractivity contribution < 1.29 is 17.5 Å². The molecule has 0 aromatic heterocycles. The van der Waals surface area contributed by atoms with Gasteiger partial charge in [0.1, 0.15) is 18.2 Å². The molecule has 0 spiro atoms. The second kappa shape index (κ2) is 7.45. The molecule has 0 heterocycles. The van der Waals surface area contributed by atoms with Gasteiger partial charge in [0.05, 0.1) is 5.75 Å². The maximum atomic E-state index is 13.2. The summed E-state index contributed by atoms with van der Waals surface area (Å²) in [6, 6.07) is 4.23. The molecule has 0 atom stereocenters. The van der Waals surface area contributed by atoms with Crippen LogP contribution in [-0.2, 0) is 16.4 Å². The molecule has 0 aliphatic rings. The molecule has 1 aromatic carbocycles. The maximum Gasteiger partial charge on any atom is 0.153 e. The van der Waals surface area contributed by atoms with Crippen molar-refractivity contribution in [2.45, 2.75) is 20.4 Å². The van der Waals surface area contributed by atoms with Gasteiger partial charge in [-0.2, -0.15) is 0 Å². The molecule has 0 aliphatic heterocycles. The summed E-state index contributed by atoms with van der Waals surface area (Å²) in [6.45, 7) is 4.89. The molecule has 0 bridgehead atoms. The number of halogens is 1. The van der Waals surface area contributed by atoms with Crippen LogP contribution < -0.4 is 10.1 Å². The number of benzene rings is 1. The molecule has 1 N–H and O–H groups in total. The van der Waals surface area contributed by atoms with Crippen molar-refractivity contribution in [2.75, 3.05) is 24.7 Å². The number of rotatable bonds is 8. The van der Waals surface area contributed by atoms with Crippen LogP contribution in [0.1, 0.15) is 19.4 Å². The first kappa shape index (κ1) is 15.9. The van der Waals surface area contributed by atoms with Crippen LogP contribution in [0.15, 0.2) is 18.2 Å². The zero-order chi connectivity index (χ0) is 14.3. The van der Waals surface area contributed by atoms with Crippen LogP contribution in [0, 0.1) is 5.82 Å². The SMILES string of the molecule is CCNCc1cc(F)ccc1OCCS(=O)(=O)CC. The Bertz CT molecular complexity index is 503. The first-order valence-corrected chi connectivity index (χ1v) is 8.13. The van der Waals surface area contributed by atoms with E-state index in [9.17, 15) is 12.8 Å². The van der Waals surface area contributed by atoms with Crippen LogP contribution in [0.25, 0.3) is 0 Å². The van der Waals surface area contributed by atoms with E-state index in [1.807, 2.05) is 6.92 Å². The summed E-state index contributed by atoms with van der Waals surface area (Å²) in [5, 5.41) is 3.09. The molecule has 0 fully saturated rings. The van der Waals surface area contributed by atoms with E-state index >= 15 is 0 Å². The molecule has 0 amide bonds. The number of ether oxygens (including phenoxy) is 1. The Kier molecular flexibility index (Phi) is 6.24. The Hall–Kier alpha value is -1.14. The molecule has 6 heteroatoms. The van der Waals surface area contributed by atoms with Crippen molar-refractivity contribution in [1.29, 1.82) is 0 Å². The van der Waals surface area contributed by atoms with Crippen molar-refractivity contribution >= 4 is 9.84 Å². The van der Waals surface area contributed by atoms with Crippen LogP contribution in [0.5, 0.6) is 5.75 Å². The third-order valence-corrected chi connectivity index (χ3v) is 4.35. The van der Waals surface area contributed by atoms with Gasteiger partial charge in [-0.3, -0.25) is 0 Å². The third kappa shape index (κ3) is 5.57. The van der Waals surface area contributed by atoms with Gasteiger partial charge in [0, 0.05) is 17.9 Å². The fourth-order valence-corrected chi connectivity index (χ4v) is 2.14. The Balaban J connectivity index is 2.66. The van der Waals surface area contributed by atoms with Crippen molar-refractivity contribution in [3.05, 3.63) is 29.6 Å². The largest absolute Gasteiger partial charge is 0.492 e. The zero-order valence-electron chi connectivity index (χ0n) is 11.3. The lowest BCUT2D eigenvalue weighted by atomic mass is 10.2. The van der Waals surface area contributed by atoms with Gasteiger partial charge in [0.25, 0.3) is 0 Å². The van der Waals surface area contributed by atoms with Gasteiger partial charge in [-0.05, 0) is 24.7 Å². The molecular formula is C13H20FNO3S. The molecule has 1 aromatic rings. The van der Waals surface area contributed by atoms with Crippen LogP contribution in [0.4, 0.5) is 4.39 Å². The lowest BCUT2D eigenvalue weighted by molar-refractivity contribution is 0.335. The monoisotopic (exact) mass is 289 g/mol. The molecule has 4 nitrogen and oxygen atoms in total. The first-order valence-electron chi connectivity index (χ1n) is 6.31. The molecule has 0 saturated carbocycles. The normalized spacial score (nSPS) is 11.5. The van der Waals surface area contributed by atoms with E-state index in [2.05, 4.69) is 5.32 Å². The van der Waals surface area contributed by atoms with E-state index in [1.54, 1.807) is 6.92 Å². The summed E-state index contributed by atoms with van der Waals surface area (Å²) in [7, 11) is -3.04. The van der Waals surface area contributed by atoms with Crippen molar-refractivity contribution in [1.82, 2.24) is 5.32 Å². The average Bonchev–Trinajstić information content (AvgIpc) is 2.38. The molecule has 19 heavy (non-hydrogen) atoms. The van der Waals surface area contributed by atoms with E-state index in [-0.39, 0.29) is 23.9 Å². The second-order valence-electron chi connectivity index (χ2n) is 4.12. The third-order valence-electron chi connectivity index (χ3n) is 2.68. The molecule has 0 saturated heterocycles. The Labute approximate surface area is 113 Å². The summed E-state index contributed by atoms with van der Waals surface area (Å²) in [4.78, 5) is 0. The van der Waals surface area contributed by atoms with E-state index < -0.39 is 9.84 Å². The van der Waals surface area contributed by atoms with Gasteiger partial charge in [-0.1, -0.05) is 13.8 Å². The van der Waals surface area contributed by atoms with Crippen molar-refractivity contribution in [3.8, 4) is 5.75 Å². The minimum atomic E-state index is -3.04. The van der Waals surface area contributed by atoms with E-state index in [0.29, 0.717) is 17.9 Å². The molecule has 108 valence electrons. The molecular weight excluding hydrogens is 269 g/mol. The van der Waals surface area contributed by atoms with Crippen LogP contribution in [0.2, 0.25) is 0 Å². The second-order valence-corrected chi connectivity index (χ2v) is 6.59. The lowest BCUT2D eigenvalue weighted by Crippen LogP contribution is -2.17. The maximum absolute atomic E-state index is 13.2. The molecule has 0 unspecified atom stereocenters. The summed E-state index contributed by atoms with van der Waals surface area (Å²) in [6.07, 6.45) is 0. The van der Waals surface area contributed by atoms with Crippen molar-refractivity contribution in [3.63, 3.8) is 0 Å². The Morgan fingerprint density at radius 3 is 2.68 bits per heavy atom. The number of hydrogen-bond donors (Lipinski definition) is 1. The topological polar surface area (TPSA) is 55.4 Å². The number of nitrogens with one attached hydrogen (secondary N) is 1. The summed E-state index contributed by atoms with van der Waals surface area (Å²) < 4.78 is 41.3. The molecule has 1 rings (SSSR count). The Morgan fingerprint density at radius 2 is 2.05 bits per heavy atom. The fraction of sp³-hybridized carbons (Fsp3) is 0.538. The predicted octanol–water partition coefficient (Wildman–Crippen LogP) is 1.75. The van der Waals surface area contributed by atoms with Crippen molar-refractivity contribution in [2.24, 2.45) is 0 Å². The highest BCUT2D eigenvalue weighted by Gasteiger charge is 2.09. The lowest BCUT2D eigenvalue weighted by Gasteiger charge is -2.12. The molecule has 0 radical (unpaired) electrons. The molecule has 0 aliphatic carbocycles. The number of sulfone groups is 1. The quantitative estimate of drug-likeness (QED) is 0.792. The summed E-state index contributed by atoms with van der Waals surface area (Å²) in [5.74, 6) is 0.265. The fourth-order valence-electron chi connectivity index (χ4n) is 1.51.